The number of carboxylic acid groups (broad SMARTS) is 1. The van der Waals surface area contributed by atoms with E-state index in [1.165, 1.54) is 33.0 Å². The van der Waals surface area contributed by atoms with Crippen LogP contribution in [0.2, 0.25) is 0 Å². The van der Waals surface area contributed by atoms with Crippen LogP contribution in [0.1, 0.15) is 16.7 Å². The van der Waals surface area contributed by atoms with Gasteiger partial charge in [-0.25, -0.2) is 4.79 Å². The first kappa shape index (κ1) is 26.6. The molecule has 0 aliphatic carbocycles. The number of hydrogen-bond donors (Lipinski definition) is 1. The molecule has 0 atom stereocenters. The average Bonchev–Trinajstić information content (AvgIpc) is 3.41. The number of carbonyl (C=O) groups is 1. The molecule has 0 saturated heterocycles. The van der Waals surface area contributed by atoms with Gasteiger partial charge in [0.25, 0.3) is 5.22 Å². The van der Waals surface area contributed by atoms with Crippen molar-refractivity contribution in [2.45, 2.75) is 18.8 Å². The predicted molar refractivity (Wildman–Crippen MR) is 143 cm³/mol. The summed E-state index contributed by atoms with van der Waals surface area (Å²) in [4.78, 5) is 12.0. The van der Waals surface area contributed by atoms with Gasteiger partial charge in [-0.2, -0.15) is 0 Å². The first-order chi connectivity index (χ1) is 18.4. The lowest BCUT2D eigenvalue weighted by Crippen LogP contribution is -1.99. The minimum atomic E-state index is -1.14. The van der Waals surface area contributed by atoms with E-state index >= 15 is 0 Å². The van der Waals surface area contributed by atoms with Crippen molar-refractivity contribution in [2.24, 2.45) is 0 Å². The van der Waals surface area contributed by atoms with Crippen molar-refractivity contribution in [3.05, 3.63) is 82.3 Å². The second-order valence-corrected chi connectivity index (χ2v) is 9.07. The molecule has 196 valence electrons. The van der Waals surface area contributed by atoms with E-state index in [9.17, 15) is 9.90 Å². The number of methoxy groups -OCH3 is 3. The summed E-state index contributed by atoms with van der Waals surface area (Å²) >= 11 is 0.840. The minimum absolute atomic E-state index is 0.0150. The van der Waals surface area contributed by atoms with Gasteiger partial charge in [-0.05, 0) is 60.2 Å². The molecule has 9 nitrogen and oxygen atoms in total. The smallest absolute Gasteiger partial charge is 0.342 e. The van der Waals surface area contributed by atoms with Crippen molar-refractivity contribution in [1.29, 1.82) is 0 Å². The number of nitrogens with zero attached hydrogens (tertiary/aromatic N) is 2. The maximum absolute atomic E-state index is 12.0. The molecule has 1 aromatic heterocycles. The Morgan fingerprint density at radius 1 is 0.921 bits per heavy atom. The van der Waals surface area contributed by atoms with E-state index in [2.05, 4.69) is 10.2 Å². The molecule has 0 aliphatic rings. The summed E-state index contributed by atoms with van der Waals surface area (Å²) in [6.07, 6.45) is 1.50. The Balaban J connectivity index is 1.52. The molecular weight excluding hydrogens is 508 g/mol. The number of thioether (sulfide) groups is 1. The molecule has 0 saturated carbocycles. The van der Waals surface area contributed by atoms with Gasteiger partial charge in [-0.3, -0.25) is 0 Å². The summed E-state index contributed by atoms with van der Waals surface area (Å²) in [5.74, 6) is 1.19. The second-order valence-electron chi connectivity index (χ2n) is 8.07. The first-order valence-corrected chi connectivity index (χ1v) is 12.3. The lowest BCUT2D eigenvalue weighted by Gasteiger charge is -2.12. The molecule has 4 rings (SSSR count). The summed E-state index contributed by atoms with van der Waals surface area (Å²) in [6, 6.07) is 18.4. The fourth-order valence-corrected chi connectivity index (χ4v) is 4.09. The van der Waals surface area contributed by atoms with E-state index in [0.29, 0.717) is 40.7 Å². The average molecular weight is 535 g/mol. The molecule has 1 N–H and O–H groups in total. The number of hydrogen-bond acceptors (Lipinski definition) is 9. The molecule has 0 amide bonds. The standard InChI is InChI=1S/C28H26N2O7S/c1-17-5-7-18(8-6-17)16-36-23-10-9-19(11-24(23)35-4)12-25(27(31)32)38-28-30-29-26(37-28)20-13-21(33-2)15-22(14-20)34-3/h5-15H,16H2,1-4H3,(H,31,32)/b25-12-. The zero-order valence-electron chi connectivity index (χ0n) is 21.3. The van der Waals surface area contributed by atoms with E-state index in [1.54, 1.807) is 36.4 Å². The van der Waals surface area contributed by atoms with Gasteiger partial charge in [0.15, 0.2) is 11.5 Å². The van der Waals surface area contributed by atoms with Crippen LogP contribution in [0.5, 0.6) is 23.0 Å². The maximum Gasteiger partial charge on any atom is 0.342 e. The number of aliphatic carboxylic acids is 1. The minimum Gasteiger partial charge on any atom is -0.497 e. The summed E-state index contributed by atoms with van der Waals surface area (Å²) in [5, 5.41) is 17.9. The van der Waals surface area contributed by atoms with E-state index in [-0.39, 0.29) is 16.0 Å². The Morgan fingerprint density at radius 2 is 1.63 bits per heavy atom. The van der Waals surface area contributed by atoms with Crippen molar-refractivity contribution in [2.75, 3.05) is 21.3 Å². The number of rotatable bonds is 11. The highest BCUT2D eigenvalue weighted by Crippen LogP contribution is 2.34. The van der Waals surface area contributed by atoms with Crippen LogP contribution in [0.3, 0.4) is 0 Å². The van der Waals surface area contributed by atoms with Gasteiger partial charge in [0, 0.05) is 11.6 Å². The molecule has 4 aromatic rings. The zero-order valence-corrected chi connectivity index (χ0v) is 22.1. The lowest BCUT2D eigenvalue weighted by atomic mass is 10.1. The Labute approximate surface area is 224 Å². The lowest BCUT2D eigenvalue weighted by molar-refractivity contribution is -0.131. The summed E-state index contributed by atoms with van der Waals surface area (Å²) < 4.78 is 27.7. The first-order valence-electron chi connectivity index (χ1n) is 11.4. The van der Waals surface area contributed by atoms with Crippen molar-refractivity contribution in [1.82, 2.24) is 10.2 Å². The normalized spacial score (nSPS) is 11.2. The monoisotopic (exact) mass is 534 g/mol. The van der Waals surface area contributed by atoms with Crippen LogP contribution in [0, 0.1) is 6.92 Å². The topological polar surface area (TPSA) is 113 Å². The Hall–Kier alpha value is -4.44. The van der Waals surface area contributed by atoms with Crippen LogP contribution in [-0.2, 0) is 11.4 Å². The molecule has 0 unspecified atom stereocenters. The largest absolute Gasteiger partial charge is 0.497 e. The molecule has 0 bridgehead atoms. The van der Waals surface area contributed by atoms with Gasteiger partial charge >= 0.3 is 5.97 Å². The summed E-state index contributed by atoms with van der Waals surface area (Å²) in [6.45, 7) is 2.40. The molecule has 1 heterocycles. The van der Waals surface area contributed by atoms with Gasteiger partial charge in [-0.1, -0.05) is 35.9 Å². The highest BCUT2D eigenvalue weighted by atomic mass is 32.2. The Morgan fingerprint density at radius 3 is 2.26 bits per heavy atom. The number of ether oxygens (including phenoxy) is 4. The van der Waals surface area contributed by atoms with Crippen molar-refractivity contribution < 1.29 is 33.3 Å². The molecule has 38 heavy (non-hydrogen) atoms. The predicted octanol–water partition coefficient (Wildman–Crippen LogP) is 5.87. The quantitative estimate of drug-likeness (QED) is 0.185. The van der Waals surface area contributed by atoms with Crippen molar-refractivity contribution >= 4 is 23.8 Å². The number of benzene rings is 3. The second kappa shape index (κ2) is 12.2. The van der Waals surface area contributed by atoms with Gasteiger partial charge < -0.3 is 28.5 Å². The third kappa shape index (κ3) is 6.65. The Kier molecular flexibility index (Phi) is 8.55. The molecule has 0 spiro atoms. The van der Waals surface area contributed by atoms with Crippen LogP contribution in [-0.4, -0.2) is 42.6 Å². The third-order valence-corrected chi connectivity index (χ3v) is 6.27. The highest BCUT2D eigenvalue weighted by molar-refractivity contribution is 8.03. The SMILES string of the molecule is COc1cc(OC)cc(-c2nnc(S/C(=C\c3ccc(OCc4ccc(C)cc4)c(OC)c3)C(=O)O)o2)c1. The van der Waals surface area contributed by atoms with Crippen LogP contribution >= 0.6 is 11.8 Å². The van der Waals surface area contributed by atoms with Gasteiger partial charge in [0.1, 0.15) is 23.0 Å². The third-order valence-electron chi connectivity index (χ3n) is 5.41. The molecule has 10 heteroatoms. The highest BCUT2D eigenvalue weighted by Gasteiger charge is 2.18. The van der Waals surface area contributed by atoms with E-state index < -0.39 is 5.97 Å². The van der Waals surface area contributed by atoms with Crippen LogP contribution in [0.25, 0.3) is 17.5 Å². The molecular formula is C28H26N2O7S. The summed E-state index contributed by atoms with van der Waals surface area (Å²) in [5.41, 5.74) is 3.38. The van der Waals surface area contributed by atoms with Crippen molar-refractivity contribution in [3.63, 3.8) is 0 Å². The maximum atomic E-state index is 12.0. The number of aromatic nitrogens is 2. The zero-order chi connectivity index (χ0) is 27.1. The van der Waals surface area contributed by atoms with Crippen LogP contribution < -0.4 is 18.9 Å². The van der Waals surface area contributed by atoms with Gasteiger partial charge in [-0.15, -0.1) is 10.2 Å². The van der Waals surface area contributed by atoms with E-state index in [1.807, 2.05) is 31.2 Å². The molecule has 0 fully saturated rings. The van der Waals surface area contributed by atoms with Crippen LogP contribution in [0.15, 0.2) is 75.2 Å². The molecule has 0 aliphatic heterocycles. The fraction of sp³-hybridized carbons (Fsp3) is 0.179. The van der Waals surface area contributed by atoms with Crippen molar-refractivity contribution in [3.8, 4) is 34.5 Å². The molecule has 3 aromatic carbocycles. The number of carboxylic acids is 1. The Bertz CT molecular complexity index is 1430. The van der Waals surface area contributed by atoms with Gasteiger partial charge in [0.2, 0.25) is 5.89 Å². The number of aryl methyl sites for hydroxylation is 1. The molecule has 0 radical (unpaired) electrons. The fourth-order valence-electron chi connectivity index (χ4n) is 3.42. The van der Waals surface area contributed by atoms with E-state index in [4.69, 9.17) is 23.4 Å². The van der Waals surface area contributed by atoms with Gasteiger partial charge in [0.05, 0.1) is 21.3 Å². The summed E-state index contributed by atoms with van der Waals surface area (Å²) in [7, 11) is 4.60. The van der Waals surface area contributed by atoms with E-state index in [0.717, 1.165) is 17.3 Å². The van der Waals surface area contributed by atoms with Crippen LogP contribution in [0.4, 0.5) is 0 Å².